The van der Waals surface area contributed by atoms with Gasteiger partial charge in [0, 0.05) is 0 Å². The summed E-state index contributed by atoms with van der Waals surface area (Å²) < 4.78 is 0. The normalized spacial score (nSPS) is 13.6. The molecule has 3 nitrogen and oxygen atoms in total. The van der Waals surface area contributed by atoms with E-state index in [-0.39, 0.29) is 0 Å². The van der Waals surface area contributed by atoms with Gasteiger partial charge in [-0.1, -0.05) is 60.7 Å². The highest BCUT2D eigenvalue weighted by Crippen LogP contribution is 2.27. The van der Waals surface area contributed by atoms with Crippen LogP contribution in [0.15, 0.2) is 60.7 Å². The van der Waals surface area contributed by atoms with Gasteiger partial charge in [0.1, 0.15) is 6.10 Å². The predicted molar refractivity (Wildman–Crippen MR) is 69.8 cm³/mol. The van der Waals surface area contributed by atoms with Crippen LogP contribution in [0.5, 0.6) is 0 Å². The summed E-state index contributed by atoms with van der Waals surface area (Å²) in [6.45, 7) is 0. The van der Waals surface area contributed by atoms with E-state index in [9.17, 15) is 9.90 Å². The van der Waals surface area contributed by atoms with Crippen LogP contribution in [0.2, 0.25) is 0 Å². The minimum Gasteiger partial charge on any atom is -0.386 e. The van der Waals surface area contributed by atoms with E-state index in [0.717, 1.165) is 11.1 Å². The third-order valence-corrected chi connectivity index (χ3v) is 2.86. The van der Waals surface area contributed by atoms with Gasteiger partial charge in [-0.05, 0) is 11.1 Å². The van der Waals surface area contributed by atoms with Gasteiger partial charge in [-0.3, -0.25) is 4.79 Å². The number of carbonyl (C=O) groups is 1. The van der Waals surface area contributed by atoms with Gasteiger partial charge in [0.25, 0.3) is 0 Å². The van der Waals surface area contributed by atoms with Crippen LogP contribution in [-0.4, -0.2) is 11.5 Å². The standard InChI is InChI=1S/C15H15NO2/c17-11-16-14(12-7-3-1-4-8-12)15(18)13-9-5-2-6-10-13/h1-11,14-15,18H,(H,16,17)/t14-,15-/m0/s1. The monoisotopic (exact) mass is 241 g/mol. The fourth-order valence-electron chi connectivity index (χ4n) is 1.95. The molecule has 0 saturated carbocycles. The summed E-state index contributed by atoms with van der Waals surface area (Å²) in [6.07, 6.45) is -0.150. The first-order chi connectivity index (χ1) is 8.83. The Balaban J connectivity index is 2.28. The molecule has 0 aliphatic rings. The lowest BCUT2D eigenvalue weighted by molar-refractivity contribution is -0.111. The molecule has 0 heterocycles. The number of aliphatic hydroxyl groups is 1. The minimum atomic E-state index is -0.765. The fourth-order valence-corrected chi connectivity index (χ4v) is 1.95. The number of amides is 1. The maximum atomic E-state index is 10.7. The second kappa shape index (κ2) is 5.98. The number of aliphatic hydroxyl groups excluding tert-OH is 1. The van der Waals surface area contributed by atoms with Crippen LogP contribution in [0.3, 0.4) is 0 Å². The predicted octanol–water partition coefficient (Wildman–Crippen LogP) is 2.21. The van der Waals surface area contributed by atoms with E-state index in [1.807, 2.05) is 60.7 Å². The fraction of sp³-hybridized carbons (Fsp3) is 0.133. The van der Waals surface area contributed by atoms with Crippen LogP contribution in [0.25, 0.3) is 0 Å². The van der Waals surface area contributed by atoms with E-state index in [1.54, 1.807) is 0 Å². The molecule has 2 aromatic carbocycles. The molecule has 1 amide bonds. The third-order valence-electron chi connectivity index (χ3n) is 2.86. The summed E-state index contributed by atoms with van der Waals surface area (Å²) in [5.74, 6) is 0. The highest BCUT2D eigenvalue weighted by atomic mass is 16.3. The Kier molecular flexibility index (Phi) is 4.10. The van der Waals surface area contributed by atoms with Crippen molar-refractivity contribution in [3.05, 3.63) is 71.8 Å². The van der Waals surface area contributed by atoms with E-state index in [0.29, 0.717) is 6.41 Å². The summed E-state index contributed by atoms with van der Waals surface area (Å²) in [6, 6.07) is 18.3. The molecule has 0 bridgehead atoms. The van der Waals surface area contributed by atoms with Gasteiger partial charge in [-0.15, -0.1) is 0 Å². The largest absolute Gasteiger partial charge is 0.386 e. The zero-order valence-corrected chi connectivity index (χ0v) is 9.86. The molecule has 2 atom stereocenters. The molecule has 0 fully saturated rings. The molecular weight excluding hydrogens is 226 g/mol. The average molecular weight is 241 g/mol. The van der Waals surface area contributed by atoms with E-state index in [1.165, 1.54) is 0 Å². The number of benzene rings is 2. The lowest BCUT2D eigenvalue weighted by Gasteiger charge is -2.23. The lowest BCUT2D eigenvalue weighted by atomic mass is 9.96. The van der Waals surface area contributed by atoms with Crippen LogP contribution >= 0.6 is 0 Å². The summed E-state index contributed by atoms with van der Waals surface area (Å²) >= 11 is 0. The molecule has 0 aromatic heterocycles. The Bertz CT molecular complexity index is 484. The number of hydrogen-bond acceptors (Lipinski definition) is 2. The van der Waals surface area contributed by atoms with E-state index >= 15 is 0 Å². The van der Waals surface area contributed by atoms with Gasteiger partial charge in [-0.2, -0.15) is 0 Å². The van der Waals surface area contributed by atoms with Gasteiger partial charge in [-0.25, -0.2) is 0 Å². The topological polar surface area (TPSA) is 49.3 Å². The molecule has 0 aliphatic heterocycles. The van der Waals surface area contributed by atoms with E-state index in [4.69, 9.17) is 0 Å². The number of nitrogens with one attached hydrogen (secondary N) is 1. The molecule has 0 saturated heterocycles. The Morgan fingerprint density at radius 1 is 0.889 bits per heavy atom. The SMILES string of the molecule is O=CN[C@@H](c1ccccc1)[C@@H](O)c1ccccc1. The van der Waals surface area contributed by atoms with Crippen molar-refractivity contribution in [2.75, 3.05) is 0 Å². The summed E-state index contributed by atoms with van der Waals surface area (Å²) in [7, 11) is 0. The first kappa shape index (κ1) is 12.3. The number of hydrogen-bond donors (Lipinski definition) is 2. The van der Waals surface area contributed by atoms with Gasteiger partial charge in [0.05, 0.1) is 6.04 Å². The van der Waals surface area contributed by atoms with Crippen molar-refractivity contribution in [3.63, 3.8) is 0 Å². The second-order valence-electron chi connectivity index (χ2n) is 4.03. The number of rotatable bonds is 5. The van der Waals surface area contributed by atoms with Crippen LogP contribution < -0.4 is 5.32 Å². The summed E-state index contributed by atoms with van der Waals surface area (Å²) in [5.41, 5.74) is 1.65. The molecule has 0 unspecified atom stereocenters. The number of carbonyl (C=O) groups excluding carboxylic acids is 1. The maximum absolute atomic E-state index is 10.7. The Morgan fingerprint density at radius 3 is 1.89 bits per heavy atom. The minimum absolute atomic E-state index is 0.439. The van der Waals surface area contributed by atoms with Crippen molar-refractivity contribution in [2.24, 2.45) is 0 Å². The Morgan fingerprint density at radius 2 is 1.39 bits per heavy atom. The molecule has 0 aliphatic carbocycles. The summed E-state index contributed by atoms with van der Waals surface area (Å²) in [4.78, 5) is 10.7. The zero-order valence-electron chi connectivity index (χ0n) is 9.86. The summed E-state index contributed by atoms with van der Waals surface area (Å²) in [5, 5.41) is 13.0. The van der Waals surface area contributed by atoms with Crippen molar-refractivity contribution in [1.29, 1.82) is 0 Å². The van der Waals surface area contributed by atoms with Crippen molar-refractivity contribution in [3.8, 4) is 0 Å². The van der Waals surface area contributed by atoms with Crippen molar-refractivity contribution >= 4 is 6.41 Å². The molecule has 18 heavy (non-hydrogen) atoms. The lowest BCUT2D eigenvalue weighted by Crippen LogP contribution is -2.25. The zero-order chi connectivity index (χ0) is 12.8. The molecule has 2 N–H and O–H groups in total. The highest BCUT2D eigenvalue weighted by molar-refractivity contribution is 5.48. The average Bonchev–Trinajstić information content (AvgIpc) is 2.46. The van der Waals surface area contributed by atoms with Crippen LogP contribution in [-0.2, 0) is 4.79 Å². The highest BCUT2D eigenvalue weighted by Gasteiger charge is 2.21. The molecule has 0 spiro atoms. The third kappa shape index (κ3) is 2.76. The first-order valence-corrected chi connectivity index (χ1v) is 5.80. The molecular formula is C15H15NO2. The molecule has 3 heteroatoms. The molecule has 2 aromatic rings. The molecule has 92 valence electrons. The Hall–Kier alpha value is -2.13. The van der Waals surface area contributed by atoms with Crippen LogP contribution in [0.1, 0.15) is 23.3 Å². The van der Waals surface area contributed by atoms with E-state index in [2.05, 4.69) is 5.32 Å². The maximum Gasteiger partial charge on any atom is 0.207 e. The first-order valence-electron chi connectivity index (χ1n) is 5.80. The smallest absolute Gasteiger partial charge is 0.207 e. The van der Waals surface area contributed by atoms with Gasteiger partial charge >= 0.3 is 0 Å². The van der Waals surface area contributed by atoms with Gasteiger partial charge < -0.3 is 10.4 Å². The quantitative estimate of drug-likeness (QED) is 0.788. The Labute approximate surface area is 106 Å². The van der Waals surface area contributed by atoms with Crippen molar-refractivity contribution in [2.45, 2.75) is 12.1 Å². The second-order valence-corrected chi connectivity index (χ2v) is 4.03. The van der Waals surface area contributed by atoms with E-state index < -0.39 is 12.1 Å². The van der Waals surface area contributed by atoms with Crippen LogP contribution in [0, 0.1) is 0 Å². The van der Waals surface area contributed by atoms with Crippen molar-refractivity contribution < 1.29 is 9.90 Å². The molecule has 0 radical (unpaired) electrons. The molecule has 2 rings (SSSR count). The van der Waals surface area contributed by atoms with Gasteiger partial charge in [0.15, 0.2) is 0 Å². The van der Waals surface area contributed by atoms with Gasteiger partial charge in [0.2, 0.25) is 6.41 Å². The van der Waals surface area contributed by atoms with Crippen LogP contribution in [0.4, 0.5) is 0 Å². The van der Waals surface area contributed by atoms with Crippen molar-refractivity contribution in [1.82, 2.24) is 5.32 Å².